The predicted molar refractivity (Wildman–Crippen MR) is 57.7 cm³/mol. The van der Waals surface area contributed by atoms with E-state index in [0.29, 0.717) is 0 Å². The van der Waals surface area contributed by atoms with Crippen molar-refractivity contribution in [1.29, 1.82) is 0 Å². The third-order valence-electron chi connectivity index (χ3n) is 1.51. The van der Waals surface area contributed by atoms with E-state index in [-0.39, 0.29) is 62.4 Å². The van der Waals surface area contributed by atoms with Crippen molar-refractivity contribution in [2.45, 2.75) is 6.92 Å². The monoisotopic (exact) mass is 244 g/mol. The van der Waals surface area contributed by atoms with Crippen LogP contribution in [-0.4, -0.2) is 89.4 Å². The molecule has 0 aromatic carbocycles. The number of hydrogen-bond donors (Lipinski definition) is 3. The van der Waals surface area contributed by atoms with Gasteiger partial charge in [-0.3, -0.25) is 14.5 Å². The maximum absolute atomic E-state index is 11.1. The Labute approximate surface area is 116 Å². The van der Waals surface area contributed by atoms with Gasteiger partial charge in [-0.15, -0.1) is 0 Å². The fraction of sp³-hybridized carbons (Fsp3) is 0.750. The minimum absolute atomic E-state index is 0. The Balaban J connectivity index is 0. The fourth-order valence-electron chi connectivity index (χ4n) is 0.917. The Morgan fingerprint density at radius 3 is 2.12 bits per heavy atom. The summed E-state index contributed by atoms with van der Waals surface area (Å²) in [5.41, 5.74) is 1.94. The maximum atomic E-state index is 11.1. The molecule has 0 bridgehead atoms. The molecule has 8 heteroatoms. The van der Waals surface area contributed by atoms with E-state index in [2.05, 4.69) is 4.84 Å². The number of hydrogen-bond acceptors (Lipinski definition) is 6. The standard InChI is InChI=1S/C8H16N2O5.Na.H/c1-7(13)15-9-8(14)6-10(2-4-11)3-5-12;;/h11-12H,2-6H2,1H3,(H,9,14);;. The van der Waals surface area contributed by atoms with Gasteiger partial charge in [-0.1, -0.05) is 0 Å². The third-order valence-corrected chi connectivity index (χ3v) is 1.51. The van der Waals surface area contributed by atoms with Crippen LogP contribution in [0.4, 0.5) is 0 Å². The summed E-state index contributed by atoms with van der Waals surface area (Å²) in [7, 11) is 0. The molecule has 0 heterocycles. The van der Waals surface area contributed by atoms with Gasteiger partial charge in [0.05, 0.1) is 19.8 Å². The van der Waals surface area contributed by atoms with Crippen LogP contribution in [0, 0.1) is 0 Å². The summed E-state index contributed by atoms with van der Waals surface area (Å²) in [6.45, 7) is 1.44. The quantitative estimate of drug-likeness (QED) is 0.345. The first-order chi connectivity index (χ1) is 7.10. The second-order valence-corrected chi connectivity index (χ2v) is 2.84. The van der Waals surface area contributed by atoms with Crippen molar-refractivity contribution in [3.8, 4) is 0 Å². The first kappa shape index (κ1) is 18.2. The molecule has 0 aliphatic heterocycles. The summed E-state index contributed by atoms with van der Waals surface area (Å²) >= 11 is 0. The second-order valence-electron chi connectivity index (χ2n) is 2.84. The van der Waals surface area contributed by atoms with Gasteiger partial charge in [0.1, 0.15) is 0 Å². The number of aliphatic hydroxyl groups excluding tert-OH is 2. The van der Waals surface area contributed by atoms with Gasteiger partial charge in [-0.2, -0.15) is 5.48 Å². The molecule has 0 saturated heterocycles. The van der Waals surface area contributed by atoms with Crippen LogP contribution in [0.25, 0.3) is 0 Å². The molecule has 1 amide bonds. The Kier molecular flexibility index (Phi) is 12.9. The number of carbonyl (C=O) groups is 2. The molecule has 0 fully saturated rings. The Hall–Kier alpha value is -0.180. The molecule has 16 heavy (non-hydrogen) atoms. The third kappa shape index (κ3) is 10.3. The molecule has 0 aliphatic rings. The molecule has 0 radical (unpaired) electrons. The summed E-state index contributed by atoms with van der Waals surface area (Å²) < 4.78 is 0. The Morgan fingerprint density at radius 1 is 1.25 bits per heavy atom. The van der Waals surface area contributed by atoms with Gasteiger partial charge in [0, 0.05) is 20.0 Å². The summed E-state index contributed by atoms with van der Waals surface area (Å²) in [4.78, 5) is 27.3. The van der Waals surface area contributed by atoms with Crippen molar-refractivity contribution in [2.24, 2.45) is 0 Å². The Morgan fingerprint density at radius 2 is 1.75 bits per heavy atom. The van der Waals surface area contributed by atoms with Crippen molar-refractivity contribution >= 4 is 41.4 Å². The van der Waals surface area contributed by atoms with E-state index in [1.807, 2.05) is 5.48 Å². The summed E-state index contributed by atoms with van der Waals surface area (Å²) in [6, 6.07) is 0. The zero-order valence-corrected chi connectivity index (χ0v) is 8.60. The van der Waals surface area contributed by atoms with Gasteiger partial charge >= 0.3 is 35.5 Å². The zero-order valence-electron chi connectivity index (χ0n) is 8.60. The molecular formula is C8H17N2NaO5. The van der Waals surface area contributed by atoms with E-state index in [0.717, 1.165) is 0 Å². The molecule has 0 atom stereocenters. The van der Waals surface area contributed by atoms with Crippen LogP contribution >= 0.6 is 0 Å². The van der Waals surface area contributed by atoms with E-state index in [1.54, 1.807) is 0 Å². The number of nitrogens with one attached hydrogen (secondary N) is 1. The van der Waals surface area contributed by atoms with E-state index < -0.39 is 11.9 Å². The molecule has 0 aliphatic carbocycles. The van der Waals surface area contributed by atoms with Crippen LogP contribution in [0.1, 0.15) is 6.92 Å². The number of amides is 1. The molecule has 7 nitrogen and oxygen atoms in total. The molecular weight excluding hydrogens is 227 g/mol. The topological polar surface area (TPSA) is 99.1 Å². The normalized spacial score (nSPS) is 9.50. The molecule has 90 valence electrons. The number of hydroxylamine groups is 1. The van der Waals surface area contributed by atoms with Crippen LogP contribution in [0.15, 0.2) is 0 Å². The van der Waals surface area contributed by atoms with E-state index in [9.17, 15) is 9.59 Å². The van der Waals surface area contributed by atoms with Crippen LogP contribution < -0.4 is 5.48 Å². The second kappa shape index (κ2) is 11.3. The molecule has 0 spiro atoms. The van der Waals surface area contributed by atoms with Crippen molar-refractivity contribution < 1.29 is 24.6 Å². The average molecular weight is 244 g/mol. The molecule has 0 rings (SSSR count). The van der Waals surface area contributed by atoms with E-state index in [1.165, 1.54) is 11.8 Å². The molecule has 0 saturated carbocycles. The van der Waals surface area contributed by atoms with Crippen LogP contribution in [0.5, 0.6) is 0 Å². The number of aliphatic hydroxyl groups is 2. The molecule has 3 N–H and O–H groups in total. The van der Waals surface area contributed by atoms with Crippen molar-refractivity contribution in [2.75, 3.05) is 32.8 Å². The number of nitrogens with zero attached hydrogens (tertiary/aromatic N) is 1. The average Bonchev–Trinajstić information content (AvgIpc) is 2.15. The van der Waals surface area contributed by atoms with Crippen molar-refractivity contribution in [3.63, 3.8) is 0 Å². The summed E-state index contributed by atoms with van der Waals surface area (Å²) in [5.74, 6) is -1.12. The van der Waals surface area contributed by atoms with Gasteiger partial charge in [-0.05, 0) is 0 Å². The summed E-state index contributed by atoms with van der Waals surface area (Å²) in [6.07, 6.45) is 0. The van der Waals surface area contributed by atoms with Gasteiger partial charge in [0.25, 0.3) is 5.91 Å². The Bertz CT molecular complexity index is 209. The molecule has 0 unspecified atom stereocenters. The van der Waals surface area contributed by atoms with Gasteiger partial charge in [0.15, 0.2) is 0 Å². The zero-order chi connectivity index (χ0) is 11.7. The van der Waals surface area contributed by atoms with E-state index >= 15 is 0 Å². The van der Waals surface area contributed by atoms with Crippen molar-refractivity contribution in [3.05, 3.63) is 0 Å². The number of rotatable bonds is 6. The molecule has 0 aromatic heterocycles. The van der Waals surface area contributed by atoms with Crippen LogP contribution in [-0.2, 0) is 14.4 Å². The van der Waals surface area contributed by atoms with Crippen LogP contribution in [0.3, 0.4) is 0 Å². The van der Waals surface area contributed by atoms with Crippen LogP contribution in [0.2, 0.25) is 0 Å². The van der Waals surface area contributed by atoms with Crippen molar-refractivity contribution in [1.82, 2.24) is 10.4 Å². The first-order valence-electron chi connectivity index (χ1n) is 4.50. The van der Waals surface area contributed by atoms with Gasteiger partial charge < -0.3 is 15.1 Å². The summed E-state index contributed by atoms with van der Waals surface area (Å²) in [5, 5.41) is 17.3. The fourth-order valence-corrected chi connectivity index (χ4v) is 0.917. The predicted octanol–water partition coefficient (Wildman–Crippen LogP) is -2.78. The molecule has 0 aromatic rings. The SMILES string of the molecule is CC(=O)ONC(=O)CN(CCO)CCO.[NaH]. The van der Waals surface area contributed by atoms with E-state index in [4.69, 9.17) is 10.2 Å². The first-order valence-corrected chi connectivity index (χ1v) is 4.50. The van der Waals surface area contributed by atoms with Gasteiger partial charge in [0.2, 0.25) is 0 Å². The number of carbonyl (C=O) groups excluding carboxylic acids is 2. The minimum atomic E-state index is -0.612. The van der Waals surface area contributed by atoms with Gasteiger partial charge in [-0.25, -0.2) is 0 Å².